The molecule has 1 aliphatic rings. The van der Waals surface area contributed by atoms with E-state index in [1.807, 2.05) is 24.3 Å². The zero-order valence-corrected chi connectivity index (χ0v) is 12.6. The first-order valence-corrected chi connectivity index (χ1v) is 8.55. The third-order valence-electron chi connectivity index (χ3n) is 3.32. The second-order valence-electron chi connectivity index (χ2n) is 4.50. The number of hydrogen-bond donors (Lipinski definition) is 0. The Hall–Kier alpha value is -0.990. The predicted octanol–water partition coefficient (Wildman–Crippen LogP) is 1.89. The average Bonchev–Trinajstić information content (AvgIpc) is 2.92. The van der Waals surface area contributed by atoms with Crippen LogP contribution in [0.5, 0.6) is 0 Å². The molecule has 0 aliphatic carbocycles. The lowest BCUT2D eigenvalue weighted by Crippen LogP contribution is -2.46. The largest absolute Gasteiger partial charge is 0.354 e. The Balaban J connectivity index is 1.99. The van der Waals surface area contributed by atoms with E-state index in [0.717, 1.165) is 10.1 Å². The van der Waals surface area contributed by atoms with Crippen LogP contribution < -0.4 is 0 Å². The first kappa shape index (κ1) is 14.0. The fourth-order valence-corrected chi connectivity index (χ4v) is 5.13. The van der Waals surface area contributed by atoms with Crippen LogP contribution in [0.2, 0.25) is 0 Å². The lowest BCUT2D eigenvalue weighted by atomic mass is 10.3. The monoisotopic (exact) mass is 313 g/mol. The Bertz CT molecular complexity index is 710. The van der Waals surface area contributed by atoms with E-state index in [1.54, 1.807) is 5.38 Å². The minimum atomic E-state index is -3.50. The quantitative estimate of drug-likeness (QED) is 0.868. The first-order valence-electron chi connectivity index (χ1n) is 6.23. The topological polar surface area (TPSA) is 55.8 Å². The van der Waals surface area contributed by atoms with Crippen molar-refractivity contribution in [2.45, 2.75) is 11.2 Å². The number of ether oxygens (including phenoxy) is 2. The maximum absolute atomic E-state index is 12.7. The molecule has 1 aliphatic heterocycles. The Morgan fingerprint density at radius 1 is 1.40 bits per heavy atom. The van der Waals surface area contributed by atoms with Gasteiger partial charge < -0.3 is 9.47 Å². The van der Waals surface area contributed by atoms with Gasteiger partial charge in [0.1, 0.15) is 4.90 Å². The number of benzene rings is 1. The summed E-state index contributed by atoms with van der Waals surface area (Å²) in [5, 5.41) is 2.48. The van der Waals surface area contributed by atoms with Crippen molar-refractivity contribution in [1.29, 1.82) is 0 Å². The molecule has 7 heteroatoms. The van der Waals surface area contributed by atoms with Crippen molar-refractivity contribution in [3.8, 4) is 0 Å². The molecule has 0 bridgehead atoms. The fourth-order valence-electron chi connectivity index (χ4n) is 2.25. The van der Waals surface area contributed by atoms with E-state index in [2.05, 4.69) is 0 Å². The summed E-state index contributed by atoms with van der Waals surface area (Å²) in [4.78, 5) is 0.370. The van der Waals surface area contributed by atoms with E-state index < -0.39 is 16.3 Å². The van der Waals surface area contributed by atoms with Gasteiger partial charge in [0.2, 0.25) is 10.0 Å². The summed E-state index contributed by atoms with van der Waals surface area (Å²) in [6.45, 7) is 0.926. The molecule has 0 N–H and O–H groups in total. The highest BCUT2D eigenvalue weighted by Crippen LogP contribution is 2.31. The molecule has 1 aromatic heterocycles. The molecule has 5 nitrogen and oxygen atoms in total. The van der Waals surface area contributed by atoms with E-state index >= 15 is 0 Å². The smallest absolute Gasteiger partial charge is 0.244 e. The number of nitrogens with zero attached hydrogens (tertiary/aromatic N) is 1. The third-order valence-corrected chi connectivity index (χ3v) is 6.34. The predicted molar refractivity (Wildman–Crippen MR) is 77.3 cm³/mol. The zero-order valence-electron chi connectivity index (χ0n) is 11.0. The van der Waals surface area contributed by atoms with Gasteiger partial charge in [0.05, 0.1) is 13.2 Å². The molecule has 0 unspecified atom stereocenters. The van der Waals surface area contributed by atoms with Gasteiger partial charge in [-0.2, -0.15) is 4.31 Å². The fraction of sp³-hybridized carbons (Fsp3) is 0.385. The molecule has 20 heavy (non-hydrogen) atoms. The van der Waals surface area contributed by atoms with E-state index in [0.29, 0.717) is 18.0 Å². The first-order chi connectivity index (χ1) is 9.63. The van der Waals surface area contributed by atoms with Gasteiger partial charge in [0.15, 0.2) is 6.29 Å². The molecule has 2 heterocycles. The van der Waals surface area contributed by atoms with E-state index in [-0.39, 0.29) is 6.54 Å². The number of thiophene rings is 1. The number of hydrogen-bond acceptors (Lipinski definition) is 5. The van der Waals surface area contributed by atoms with Crippen LogP contribution in [0.15, 0.2) is 34.5 Å². The van der Waals surface area contributed by atoms with E-state index in [1.165, 1.54) is 22.8 Å². The van der Waals surface area contributed by atoms with Crippen LogP contribution in [0.25, 0.3) is 10.1 Å². The van der Waals surface area contributed by atoms with Crippen molar-refractivity contribution >= 4 is 31.4 Å². The Morgan fingerprint density at radius 2 is 2.20 bits per heavy atom. The molecular formula is C13H15NO4S2. The molecule has 1 saturated heterocycles. The highest BCUT2D eigenvalue weighted by atomic mass is 32.2. The maximum atomic E-state index is 12.7. The molecule has 1 atom stereocenters. The van der Waals surface area contributed by atoms with Gasteiger partial charge in [0.25, 0.3) is 0 Å². The van der Waals surface area contributed by atoms with Gasteiger partial charge >= 0.3 is 0 Å². The summed E-state index contributed by atoms with van der Waals surface area (Å²) in [5.41, 5.74) is 0. The Morgan fingerprint density at radius 3 is 3.00 bits per heavy atom. The molecule has 1 fully saturated rings. The summed E-state index contributed by atoms with van der Waals surface area (Å²) in [6, 6.07) is 7.53. The van der Waals surface area contributed by atoms with Crippen molar-refractivity contribution in [3.63, 3.8) is 0 Å². The van der Waals surface area contributed by atoms with Crippen LogP contribution in [-0.2, 0) is 19.5 Å². The highest BCUT2D eigenvalue weighted by molar-refractivity contribution is 7.89. The second kappa shape index (κ2) is 5.42. The van der Waals surface area contributed by atoms with Crippen molar-refractivity contribution < 1.29 is 17.9 Å². The molecule has 0 spiro atoms. The van der Waals surface area contributed by atoms with Gasteiger partial charge in [-0.1, -0.05) is 18.2 Å². The van der Waals surface area contributed by atoms with Crippen molar-refractivity contribution in [2.75, 3.05) is 26.8 Å². The van der Waals surface area contributed by atoms with Crippen molar-refractivity contribution in [3.05, 3.63) is 29.6 Å². The molecular weight excluding hydrogens is 298 g/mol. The van der Waals surface area contributed by atoms with Crippen molar-refractivity contribution in [1.82, 2.24) is 4.31 Å². The Kier molecular flexibility index (Phi) is 3.78. The summed E-state index contributed by atoms with van der Waals surface area (Å²) < 4.78 is 38.3. The average molecular weight is 313 g/mol. The molecule has 0 amide bonds. The maximum Gasteiger partial charge on any atom is 0.244 e. The second-order valence-corrected chi connectivity index (χ2v) is 7.31. The van der Waals surface area contributed by atoms with Gasteiger partial charge in [-0.15, -0.1) is 11.3 Å². The van der Waals surface area contributed by atoms with Gasteiger partial charge in [0, 0.05) is 29.1 Å². The zero-order chi connectivity index (χ0) is 14.2. The van der Waals surface area contributed by atoms with Gasteiger partial charge in [-0.05, 0) is 6.07 Å². The summed E-state index contributed by atoms with van der Waals surface area (Å²) in [7, 11) is -1.99. The minimum absolute atomic E-state index is 0.225. The molecule has 108 valence electrons. The van der Waals surface area contributed by atoms with Crippen LogP contribution in [0.1, 0.15) is 0 Å². The third kappa shape index (κ3) is 2.36. The number of rotatable bonds is 3. The van der Waals surface area contributed by atoms with Crippen LogP contribution >= 0.6 is 11.3 Å². The van der Waals surface area contributed by atoms with Gasteiger partial charge in [-0.25, -0.2) is 8.42 Å². The van der Waals surface area contributed by atoms with Crippen molar-refractivity contribution in [2.24, 2.45) is 0 Å². The molecule has 3 rings (SSSR count). The van der Waals surface area contributed by atoms with E-state index in [4.69, 9.17) is 9.47 Å². The van der Waals surface area contributed by atoms with Crippen LogP contribution in [0.4, 0.5) is 0 Å². The SMILES string of the molecule is CO[C@@H]1CN(S(=O)(=O)c2csc3ccccc23)CCO1. The summed E-state index contributed by atoms with van der Waals surface area (Å²) in [6.07, 6.45) is -0.497. The summed E-state index contributed by atoms with van der Waals surface area (Å²) in [5.74, 6) is 0. The van der Waals surface area contributed by atoms with E-state index in [9.17, 15) is 8.42 Å². The lowest BCUT2D eigenvalue weighted by molar-refractivity contribution is -0.151. The molecule has 0 saturated carbocycles. The van der Waals surface area contributed by atoms with Crippen LogP contribution in [0, 0.1) is 0 Å². The number of sulfonamides is 1. The minimum Gasteiger partial charge on any atom is -0.354 e. The normalized spacial score (nSPS) is 21.4. The summed E-state index contributed by atoms with van der Waals surface area (Å²) >= 11 is 1.44. The number of morpholine rings is 1. The molecule has 1 aromatic carbocycles. The van der Waals surface area contributed by atoms with Crippen LogP contribution in [-0.4, -0.2) is 45.8 Å². The Labute approximate surface area is 121 Å². The lowest BCUT2D eigenvalue weighted by Gasteiger charge is -2.30. The van der Waals surface area contributed by atoms with Crippen LogP contribution in [0.3, 0.4) is 0 Å². The number of methoxy groups -OCH3 is 1. The number of fused-ring (bicyclic) bond motifs is 1. The standard InChI is InChI=1S/C13H15NO4S2/c1-17-13-8-14(6-7-18-13)20(15,16)12-9-19-11-5-3-2-4-10(11)12/h2-5,9,13H,6-8H2,1H3/t13-/m0/s1. The molecule has 0 radical (unpaired) electrons. The molecule has 2 aromatic rings. The van der Waals surface area contributed by atoms with Gasteiger partial charge in [-0.3, -0.25) is 0 Å². The highest BCUT2D eigenvalue weighted by Gasteiger charge is 2.32.